The Labute approximate surface area is 121 Å². The van der Waals surface area contributed by atoms with Crippen LogP contribution in [0.3, 0.4) is 0 Å². The lowest BCUT2D eigenvalue weighted by Crippen LogP contribution is -2.38. The minimum atomic E-state index is 0.334. The van der Waals surface area contributed by atoms with Crippen molar-refractivity contribution in [3.8, 4) is 11.5 Å². The Kier molecular flexibility index (Phi) is 3.52. The van der Waals surface area contributed by atoms with Crippen LogP contribution < -0.4 is 9.88 Å². The second-order valence-corrected chi connectivity index (χ2v) is 5.59. The molecule has 0 atom stereocenters. The predicted octanol–water partition coefficient (Wildman–Crippen LogP) is 4.02. The number of furan rings is 1. The van der Waals surface area contributed by atoms with Crippen molar-refractivity contribution < 1.29 is 8.98 Å². The maximum atomic E-state index is 5.52. The molecule has 0 radical (unpaired) electrons. The van der Waals surface area contributed by atoms with Crippen molar-refractivity contribution >= 4 is 22.2 Å². The second-order valence-electron chi connectivity index (χ2n) is 4.73. The van der Waals surface area contributed by atoms with E-state index in [9.17, 15) is 0 Å². The summed E-state index contributed by atoms with van der Waals surface area (Å²) in [5.41, 5.74) is 2.07. The highest BCUT2D eigenvalue weighted by atomic mass is 32.1. The molecule has 0 bridgehead atoms. The summed E-state index contributed by atoms with van der Waals surface area (Å²) >= 11 is 1.66. The maximum Gasteiger partial charge on any atom is 0.339 e. The molecule has 0 aliphatic rings. The van der Waals surface area contributed by atoms with Gasteiger partial charge in [-0.3, -0.25) is 4.98 Å². The molecule has 4 nitrogen and oxygen atoms in total. The fourth-order valence-corrected chi connectivity index (χ4v) is 3.15. The minimum Gasteiger partial charge on any atom is -0.460 e. The van der Waals surface area contributed by atoms with Gasteiger partial charge in [-0.25, -0.2) is 9.88 Å². The number of hydrogen-bond acceptors (Lipinski definition) is 4. The Morgan fingerprint density at radius 2 is 2.20 bits per heavy atom. The standard InChI is InChI=1S/C15H15N3OS/c1-11(2)18-13(14-6-4-8-19-14)10-20-15(18)17-12-5-3-7-16-9-12/h3-11H,1-2H3/p+1. The normalized spacial score (nSPS) is 10.9. The van der Waals surface area contributed by atoms with Crippen LogP contribution in [0.15, 0.2) is 52.7 Å². The lowest BCUT2D eigenvalue weighted by molar-refractivity contribution is -0.688. The van der Waals surface area contributed by atoms with E-state index in [2.05, 4.69) is 34.1 Å². The minimum absolute atomic E-state index is 0.334. The number of pyridine rings is 1. The van der Waals surface area contributed by atoms with E-state index < -0.39 is 0 Å². The number of hydrogen-bond donors (Lipinski definition) is 1. The highest BCUT2D eigenvalue weighted by Crippen LogP contribution is 2.27. The van der Waals surface area contributed by atoms with Crippen molar-refractivity contribution in [3.05, 3.63) is 48.3 Å². The zero-order chi connectivity index (χ0) is 13.9. The molecule has 3 aromatic rings. The fourth-order valence-electron chi connectivity index (χ4n) is 2.10. The maximum absolute atomic E-state index is 5.52. The molecule has 0 aromatic carbocycles. The van der Waals surface area contributed by atoms with Crippen LogP contribution in [-0.4, -0.2) is 4.98 Å². The number of nitrogens with one attached hydrogen (secondary N) is 1. The van der Waals surface area contributed by atoms with Gasteiger partial charge in [-0.1, -0.05) is 11.3 Å². The average Bonchev–Trinajstić information content (AvgIpc) is 3.08. The monoisotopic (exact) mass is 286 g/mol. The van der Waals surface area contributed by atoms with Crippen molar-refractivity contribution in [2.24, 2.45) is 0 Å². The summed E-state index contributed by atoms with van der Waals surface area (Å²) < 4.78 is 7.75. The third-order valence-electron chi connectivity index (χ3n) is 2.96. The van der Waals surface area contributed by atoms with E-state index in [4.69, 9.17) is 4.42 Å². The van der Waals surface area contributed by atoms with E-state index in [-0.39, 0.29) is 0 Å². The molecule has 0 saturated carbocycles. The van der Waals surface area contributed by atoms with E-state index in [1.54, 1.807) is 23.8 Å². The van der Waals surface area contributed by atoms with Crippen LogP contribution in [0.5, 0.6) is 0 Å². The van der Waals surface area contributed by atoms with Gasteiger partial charge in [0.25, 0.3) is 0 Å². The van der Waals surface area contributed by atoms with Crippen LogP contribution in [0.1, 0.15) is 19.9 Å². The molecule has 3 rings (SSSR count). The van der Waals surface area contributed by atoms with E-state index in [0.717, 1.165) is 22.3 Å². The smallest absolute Gasteiger partial charge is 0.339 e. The van der Waals surface area contributed by atoms with E-state index >= 15 is 0 Å². The summed E-state index contributed by atoms with van der Waals surface area (Å²) in [4.78, 5) is 4.13. The van der Waals surface area contributed by atoms with Gasteiger partial charge in [-0.2, -0.15) is 0 Å². The van der Waals surface area contributed by atoms with Crippen LogP contribution in [0.2, 0.25) is 0 Å². The number of anilines is 2. The largest absolute Gasteiger partial charge is 0.460 e. The van der Waals surface area contributed by atoms with Crippen LogP contribution in [0.4, 0.5) is 10.8 Å². The molecular formula is C15H16N3OS+. The van der Waals surface area contributed by atoms with Gasteiger partial charge >= 0.3 is 5.13 Å². The third kappa shape index (κ3) is 2.44. The first kappa shape index (κ1) is 12.9. The predicted molar refractivity (Wildman–Crippen MR) is 80.1 cm³/mol. The first-order chi connectivity index (χ1) is 9.75. The molecule has 0 saturated heterocycles. The second kappa shape index (κ2) is 5.46. The Morgan fingerprint density at radius 3 is 2.85 bits per heavy atom. The molecule has 0 amide bonds. The molecule has 3 aromatic heterocycles. The Bertz CT molecular complexity index is 674. The molecule has 0 aliphatic heterocycles. The molecule has 102 valence electrons. The van der Waals surface area contributed by atoms with Crippen molar-refractivity contribution in [2.75, 3.05) is 5.32 Å². The van der Waals surface area contributed by atoms with E-state index in [1.165, 1.54) is 0 Å². The number of thiazole rings is 1. The molecule has 0 spiro atoms. The van der Waals surface area contributed by atoms with Crippen LogP contribution >= 0.6 is 11.3 Å². The van der Waals surface area contributed by atoms with E-state index in [1.807, 2.05) is 30.5 Å². The van der Waals surface area contributed by atoms with Gasteiger partial charge in [-0.15, -0.1) is 0 Å². The van der Waals surface area contributed by atoms with Gasteiger partial charge < -0.3 is 4.42 Å². The summed E-state index contributed by atoms with van der Waals surface area (Å²) in [6, 6.07) is 8.15. The summed E-state index contributed by atoms with van der Waals surface area (Å²) in [5.74, 6) is 0.884. The molecule has 0 fully saturated rings. The molecule has 0 unspecified atom stereocenters. The average molecular weight is 286 g/mol. The summed E-state index contributed by atoms with van der Waals surface area (Å²) in [6.45, 7) is 4.32. The summed E-state index contributed by atoms with van der Waals surface area (Å²) in [6.07, 6.45) is 5.28. The van der Waals surface area contributed by atoms with Gasteiger partial charge in [0, 0.05) is 11.6 Å². The molecule has 5 heteroatoms. The zero-order valence-electron chi connectivity index (χ0n) is 11.4. The first-order valence-electron chi connectivity index (χ1n) is 6.49. The number of rotatable bonds is 4. The lowest BCUT2D eigenvalue weighted by atomic mass is 10.3. The summed E-state index contributed by atoms with van der Waals surface area (Å²) in [7, 11) is 0. The van der Waals surface area contributed by atoms with Crippen LogP contribution in [0, 0.1) is 0 Å². The zero-order valence-corrected chi connectivity index (χ0v) is 12.2. The molecule has 20 heavy (non-hydrogen) atoms. The Morgan fingerprint density at radius 1 is 1.30 bits per heavy atom. The first-order valence-corrected chi connectivity index (χ1v) is 7.37. The van der Waals surface area contributed by atoms with Crippen molar-refractivity contribution in [3.63, 3.8) is 0 Å². The lowest BCUT2D eigenvalue weighted by Gasteiger charge is -2.07. The van der Waals surface area contributed by atoms with Gasteiger partial charge in [0.1, 0.15) is 5.69 Å². The van der Waals surface area contributed by atoms with Crippen LogP contribution in [0.25, 0.3) is 11.5 Å². The van der Waals surface area contributed by atoms with Crippen molar-refractivity contribution in [1.82, 2.24) is 4.98 Å². The molecule has 1 N–H and O–H groups in total. The highest BCUT2D eigenvalue weighted by molar-refractivity contribution is 7.13. The Hall–Kier alpha value is -2.14. The third-order valence-corrected chi connectivity index (χ3v) is 3.83. The van der Waals surface area contributed by atoms with Gasteiger partial charge in [0.15, 0.2) is 11.5 Å². The SMILES string of the molecule is CC(C)[n+]1c(-c2ccco2)csc1Nc1cccnc1. The van der Waals surface area contributed by atoms with Crippen molar-refractivity contribution in [1.29, 1.82) is 0 Å². The van der Waals surface area contributed by atoms with Gasteiger partial charge in [0.2, 0.25) is 0 Å². The fraction of sp³-hybridized carbons (Fsp3) is 0.200. The number of aromatic nitrogens is 2. The van der Waals surface area contributed by atoms with Crippen molar-refractivity contribution in [2.45, 2.75) is 19.9 Å². The highest BCUT2D eigenvalue weighted by Gasteiger charge is 2.23. The molecule has 3 heterocycles. The van der Waals surface area contributed by atoms with Gasteiger partial charge in [0.05, 0.1) is 18.5 Å². The van der Waals surface area contributed by atoms with E-state index in [0.29, 0.717) is 6.04 Å². The summed E-state index contributed by atoms with van der Waals surface area (Å²) in [5, 5.41) is 6.59. The van der Waals surface area contributed by atoms with Gasteiger partial charge in [-0.05, 0) is 38.1 Å². The topological polar surface area (TPSA) is 41.9 Å². The van der Waals surface area contributed by atoms with Crippen LogP contribution in [-0.2, 0) is 0 Å². The molecular weight excluding hydrogens is 270 g/mol. The molecule has 0 aliphatic carbocycles. The quantitative estimate of drug-likeness (QED) is 0.737. The Balaban J connectivity index is 2.00. The number of nitrogens with zero attached hydrogens (tertiary/aromatic N) is 2.